The number of rotatable bonds is 2. The predicted molar refractivity (Wildman–Crippen MR) is 50.5 cm³/mol. The van der Waals surface area contributed by atoms with E-state index < -0.39 is 0 Å². The molecule has 0 radical (unpaired) electrons. The summed E-state index contributed by atoms with van der Waals surface area (Å²) in [6, 6.07) is -0.0125. The van der Waals surface area contributed by atoms with Gasteiger partial charge in [-0.3, -0.25) is 0 Å². The van der Waals surface area contributed by atoms with Crippen LogP contribution in [0.5, 0.6) is 0 Å². The standard InChI is InChI=1S/C9H18N2O2/c1-2-10-9(13)11-6-4-3-5-8(11)7-12/h8,12H,2-7H2,1H3,(H,10,13)/t8-/m1/s1. The summed E-state index contributed by atoms with van der Waals surface area (Å²) >= 11 is 0. The molecule has 0 aromatic carbocycles. The highest BCUT2D eigenvalue weighted by Gasteiger charge is 2.25. The molecule has 2 N–H and O–H groups in total. The summed E-state index contributed by atoms with van der Waals surface area (Å²) in [7, 11) is 0. The Hall–Kier alpha value is -0.770. The van der Waals surface area contributed by atoms with E-state index >= 15 is 0 Å². The van der Waals surface area contributed by atoms with Gasteiger partial charge in [-0.25, -0.2) is 4.79 Å². The lowest BCUT2D eigenvalue weighted by Crippen LogP contribution is -2.50. The van der Waals surface area contributed by atoms with Crippen molar-refractivity contribution < 1.29 is 9.90 Å². The number of piperidine rings is 1. The van der Waals surface area contributed by atoms with E-state index in [1.54, 1.807) is 4.90 Å². The van der Waals surface area contributed by atoms with E-state index in [1.165, 1.54) is 0 Å². The average Bonchev–Trinajstić information content (AvgIpc) is 2.18. The van der Waals surface area contributed by atoms with Crippen molar-refractivity contribution in [2.75, 3.05) is 19.7 Å². The zero-order valence-electron chi connectivity index (χ0n) is 8.12. The van der Waals surface area contributed by atoms with Gasteiger partial charge in [-0.2, -0.15) is 0 Å². The zero-order valence-corrected chi connectivity index (χ0v) is 8.12. The van der Waals surface area contributed by atoms with Crippen LogP contribution in [0.4, 0.5) is 4.79 Å². The van der Waals surface area contributed by atoms with Gasteiger partial charge in [-0.05, 0) is 26.2 Å². The van der Waals surface area contributed by atoms with Gasteiger partial charge in [-0.1, -0.05) is 0 Å². The Kier molecular flexibility index (Phi) is 4.02. The molecule has 0 unspecified atom stereocenters. The molecule has 1 aliphatic heterocycles. The maximum atomic E-state index is 11.5. The molecule has 4 heteroatoms. The van der Waals surface area contributed by atoms with Crippen molar-refractivity contribution in [1.29, 1.82) is 0 Å². The van der Waals surface area contributed by atoms with Crippen molar-refractivity contribution >= 4 is 6.03 Å². The van der Waals surface area contributed by atoms with Crippen molar-refractivity contribution in [1.82, 2.24) is 10.2 Å². The third kappa shape index (κ3) is 2.59. The summed E-state index contributed by atoms with van der Waals surface area (Å²) in [4.78, 5) is 13.2. The Balaban J connectivity index is 2.48. The Labute approximate surface area is 78.9 Å². The van der Waals surface area contributed by atoms with Gasteiger partial charge in [0, 0.05) is 13.1 Å². The summed E-state index contributed by atoms with van der Waals surface area (Å²) < 4.78 is 0. The molecule has 4 nitrogen and oxygen atoms in total. The summed E-state index contributed by atoms with van der Waals surface area (Å²) in [5.74, 6) is 0. The maximum Gasteiger partial charge on any atom is 0.317 e. The molecule has 0 saturated carbocycles. The van der Waals surface area contributed by atoms with Gasteiger partial charge in [0.25, 0.3) is 0 Å². The van der Waals surface area contributed by atoms with Crippen LogP contribution in [0.15, 0.2) is 0 Å². The number of likely N-dealkylation sites (tertiary alicyclic amines) is 1. The highest BCUT2D eigenvalue weighted by molar-refractivity contribution is 5.74. The lowest BCUT2D eigenvalue weighted by molar-refractivity contribution is 0.108. The van der Waals surface area contributed by atoms with Gasteiger partial charge >= 0.3 is 6.03 Å². The third-order valence-electron chi connectivity index (χ3n) is 2.43. The minimum absolute atomic E-state index is 0.0281. The van der Waals surface area contributed by atoms with Crippen molar-refractivity contribution in [3.8, 4) is 0 Å². The van der Waals surface area contributed by atoms with Crippen molar-refractivity contribution in [2.45, 2.75) is 32.2 Å². The first kappa shape index (κ1) is 10.3. The number of nitrogens with zero attached hydrogens (tertiary/aromatic N) is 1. The SMILES string of the molecule is CCNC(=O)N1CCCC[C@@H]1CO. The van der Waals surface area contributed by atoms with E-state index in [4.69, 9.17) is 5.11 Å². The molecule has 1 heterocycles. The fourth-order valence-corrected chi connectivity index (χ4v) is 1.71. The molecule has 0 aliphatic carbocycles. The minimum Gasteiger partial charge on any atom is -0.394 e. The van der Waals surface area contributed by atoms with Crippen LogP contribution in [-0.2, 0) is 0 Å². The maximum absolute atomic E-state index is 11.5. The Bertz CT molecular complexity index is 173. The second-order valence-electron chi connectivity index (χ2n) is 3.36. The van der Waals surface area contributed by atoms with Crippen molar-refractivity contribution in [3.05, 3.63) is 0 Å². The number of hydrogen-bond acceptors (Lipinski definition) is 2. The topological polar surface area (TPSA) is 52.6 Å². The van der Waals surface area contributed by atoms with E-state index in [0.29, 0.717) is 6.54 Å². The van der Waals surface area contributed by atoms with E-state index in [2.05, 4.69) is 5.32 Å². The summed E-state index contributed by atoms with van der Waals surface area (Å²) in [6.45, 7) is 3.40. The number of nitrogens with one attached hydrogen (secondary N) is 1. The molecule has 0 aromatic heterocycles. The highest BCUT2D eigenvalue weighted by atomic mass is 16.3. The van der Waals surface area contributed by atoms with Crippen LogP contribution < -0.4 is 5.32 Å². The van der Waals surface area contributed by atoms with E-state index in [-0.39, 0.29) is 18.7 Å². The van der Waals surface area contributed by atoms with Crippen LogP contribution in [0, 0.1) is 0 Å². The second kappa shape index (κ2) is 5.07. The summed E-state index contributed by atoms with van der Waals surface area (Å²) in [5, 5.41) is 11.8. The normalized spacial score (nSPS) is 22.9. The third-order valence-corrected chi connectivity index (χ3v) is 2.43. The van der Waals surface area contributed by atoms with E-state index in [0.717, 1.165) is 25.8 Å². The monoisotopic (exact) mass is 186 g/mol. The molecule has 0 spiro atoms. The molecular weight excluding hydrogens is 168 g/mol. The van der Waals surface area contributed by atoms with Crippen LogP contribution in [0.25, 0.3) is 0 Å². The van der Waals surface area contributed by atoms with E-state index in [9.17, 15) is 4.79 Å². The quantitative estimate of drug-likeness (QED) is 0.662. The number of aliphatic hydroxyl groups excluding tert-OH is 1. The Morgan fingerprint density at radius 3 is 3.00 bits per heavy atom. The molecule has 1 saturated heterocycles. The first-order valence-corrected chi connectivity index (χ1v) is 4.95. The Morgan fingerprint density at radius 2 is 2.38 bits per heavy atom. The van der Waals surface area contributed by atoms with Gasteiger partial charge in [0.05, 0.1) is 12.6 Å². The highest BCUT2D eigenvalue weighted by Crippen LogP contribution is 2.16. The van der Waals surface area contributed by atoms with Crippen molar-refractivity contribution in [3.63, 3.8) is 0 Å². The summed E-state index contributed by atoms with van der Waals surface area (Å²) in [6.07, 6.45) is 3.09. The average molecular weight is 186 g/mol. The van der Waals surface area contributed by atoms with Gasteiger partial charge < -0.3 is 15.3 Å². The van der Waals surface area contributed by atoms with Gasteiger partial charge in [-0.15, -0.1) is 0 Å². The fraction of sp³-hybridized carbons (Fsp3) is 0.889. The molecule has 0 bridgehead atoms. The lowest BCUT2D eigenvalue weighted by Gasteiger charge is -2.34. The minimum atomic E-state index is -0.0405. The van der Waals surface area contributed by atoms with Crippen LogP contribution in [0.2, 0.25) is 0 Å². The Morgan fingerprint density at radius 1 is 1.62 bits per heavy atom. The van der Waals surface area contributed by atoms with Gasteiger partial charge in [0.2, 0.25) is 0 Å². The molecule has 2 amide bonds. The predicted octanol–water partition coefficient (Wildman–Crippen LogP) is 0.563. The number of carbonyl (C=O) groups is 1. The fourth-order valence-electron chi connectivity index (χ4n) is 1.71. The van der Waals surface area contributed by atoms with Gasteiger partial charge in [0.1, 0.15) is 0 Å². The molecule has 13 heavy (non-hydrogen) atoms. The lowest BCUT2D eigenvalue weighted by atomic mass is 10.0. The van der Waals surface area contributed by atoms with Crippen molar-refractivity contribution in [2.24, 2.45) is 0 Å². The van der Waals surface area contributed by atoms with Crippen LogP contribution in [0.3, 0.4) is 0 Å². The first-order chi connectivity index (χ1) is 6.29. The molecule has 76 valence electrons. The number of aliphatic hydroxyl groups is 1. The number of hydrogen-bond donors (Lipinski definition) is 2. The second-order valence-corrected chi connectivity index (χ2v) is 3.36. The summed E-state index contributed by atoms with van der Waals surface area (Å²) in [5.41, 5.74) is 0. The van der Waals surface area contributed by atoms with Crippen LogP contribution >= 0.6 is 0 Å². The molecule has 1 fully saturated rings. The number of amides is 2. The zero-order chi connectivity index (χ0) is 9.68. The smallest absolute Gasteiger partial charge is 0.317 e. The number of carbonyl (C=O) groups excluding carboxylic acids is 1. The molecule has 0 aromatic rings. The molecular formula is C9H18N2O2. The first-order valence-electron chi connectivity index (χ1n) is 4.95. The van der Waals surface area contributed by atoms with Gasteiger partial charge in [0.15, 0.2) is 0 Å². The van der Waals surface area contributed by atoms with Crippen LogP contribution in [-0.4, -0.2) is 41.8 Å². The molecule has 1 atom stereocenters. The molecule has 1 rings (SSSR count). The van der Waals surface area contributed by atoms with Crippen LogP contribution in [0.1, 0.15) is 26.2 Å². The molecule has 1 aliphatic rings. The number of urea groups is 1. The largest absolute Gasteiger partial charge is 0.394 e. The van der Waals surface area contributed by atoms with E-state index in [1.807, 2.05) is 6.92 Å².